The van der Waals surface area contributed by atoms with E-state index in [9.17, 15) is 0 Å². The summed E-state index contributed by atoms with van der Waals surface area (Å²) < 4.78 is 0. The summed E-state index contributed by atoms with van der Waals surface area (Å²) >= 11 is 0. The second-order valence-corrected chi connectivity index (χ2v) is 6.85. The normalized spacial score (nSPS) is 15.9. The van der Waals surface area contributed by atoms with Crippen molar-refractivity contribution < 1.29 is 0 Å². The minimum atomic E-state index is 0.0444. The molecular formula is C23H23N3. The number of H-pyrrole nitrogens is 1. The minimum Gasteiger partial charge on any atom is -0.348 e. The van der Waals surface area contributed by atoms with Gasteiger partial charge in [-0.25, -0.2) is 4.98 Å². The van der Waals surface area contributed by atoms with Crippen LogP contribution in [0.4, 0.5) is 0 Å². The van der Waals surface area contributed by atoms with E-state index in [0.29, 0.717) is 5.92 Å². The largest absolute Gasteiger partial charge is 0.348 e. The molecule has 1 N–H and O–H groups in total. The Balaban J connectivity index is 1.84. The van der Waals surface area contributed by atoms with Crippen LogP contribution in [-0.4, -0.2) is 15.0 Å². The maximum absolute atomic E-state index is 4.63. The number of aromatic nitrogens is 3. The van der Waals surface area contributed by atoms with Gasteiger partial charge in [0.15, 0.2) is 0 Å². The number of rotatable bonds is 6. The highest BCUT2D eigenvalue weighted by molar-refractivity contribution is 5.84. The van der Waals surface area contributed by atoms with E-state index in [4.69, 9.17) is 0 Å². The van der Waals surface area contributed by atoms with Crippen molar-refractivity contribution in [3.63, 3.8) is 0 Å². The first-order chi connectivity index (χ1) is 12.8. The fourth-order valence-corrected chi connectivity index (χ4v) is 3.54. The van der Waals surface area contributed by atoms with Crippen molar-refractivity contribution in [2.24, 2.45) is 0 Å². The quantitative estimate of drug-likeness (QED) is 0.588. The van der Waals surface area contributed by atoms with Gasteiger partial charge < -0.3 is 4.98 Å². The van der Waals surface area contributed by atoms with Gasteiger partial charge in [0.25, 0.3) is 0 Å². The average Bonchev–Trinajstić information content (AvgIpc) is 3.37. The predicted octanol–water partition coefficient (Wildman–Crippen LogP) is 5.66. The molecule has 0 radical (unpaired) electrons. The Hall–Kier alpha value is -2.94. The van der Waals surface area contributed by atoms with Crippen LogP contribution in [0.5, 0.6) is 0 Å². The highest BCUT2D eigenvalue weighted by Crippen LogP contribution is 2.45. The molecule has 1 unspecified atom stereocenters. The molecule has 26 heavy (non-hydrogen) atoms. The van der Waals surface area contributed by atoms with E-state index in [1.807, 2.05) is 43.6 Å². The lowest BCUT2D eigenvalue weighted by atomic mass is 9.86. The van der Waals surface area contributed by atoms with E-state index in [-0.39, 0.29) is 5.92 Å². The van der Waals surface area contributed by atoms with Crippen molar-refractivity contribution in [1.29, 1.82) is 0 Å². The third-order valence-corrected chi connectivity index (χ3v) is 4.94. The number of nitrogens with one attached hydrogen (secondary N) is 1. The Morgan fingerprint density at radius 3 is 2.92 bits per heavy atom. The van der Waals surface area contributed by atoms with Crippen LogP contribution in [0.2, 0.25) is 0 Å². The van der Waals surface area contributed by atoms with Crippen LogP contribution in [0.1, 0.15) is 48.4 Å². The molecule has 0 bridgehead atoms. The molecule has 0 saturated heterocycles. The number of imidazole rings is 1. The number of pyridine rings is 1. The first-order valence-electron chi connectivity index (χ1n) is 9.13. The summed E-state index contributed by atoms with van der Waals surface area (Å²) in [5.41, 5.74) is 5.78. The lowest BCUT2D eigenvalue weighted by Gasteiger charge is -2.19. The number of hydrogen-bond acceptors (Lipinski definition) is 2. The molecule has 2 heterocycles. The Kier molecular flexibility index (Phi) is 4.53. The molecule has 3 heteroatoms. The summed E-state index contributed by atoms with van der Waals surface area (Å²) in [5.74, 6) is 0.707. The number of fused-ring (bicyclic) bond motifs is 1. The van der Waals surface area contributed by atoms with Crippen LogP contribution in [-0.2, 0) is 0 Å². The molecule has 1 aliphatic rings. The smallest absolute Gasteiger partial charge is 0.0922 e. The van der Waals surface area contributed by atoms with E-state index in [0.717, 1.165) is 16.8 Å². The highest BCUT2D eigenvalue weighted by atomic mass is 14.9. The van der Waals surface area contributed by atoms with Gasteiger partial charge in [0.05, 0.1) is 17.8 Å². The topological polar surface area (TPSA) is 41.6 Å². The molecule has 0 aliphatic heterocycles. The number of nitrogens with zero attached hydrogens (tertiary/aromatic N) is 2. The van der Waals surface area contributed by atoms with E-state index in [1.165, 1.54) is 29.4 Å². The van der Waals surface area contributed by atoms with Crippen LogP contribution < -0.4 is 0 Å². The van der Waals surface area contributed by atoms with Crippen LogP contribution >= 0.6 is 0 Å². The third-order valence-electron chi connectivity index (χ3n) is 4.94. The standard InChI is InChI=1S/C23H23N3/c1-3-4-5-7-16(2)23(22-14-24-15-26-22)18-12-20(17-9-10-17)19-8-6-11-25-21(19)13-18/h3-8,11-15,17,23H,2,9-10H2,1H3,(H,24,26)/b4-3-,7-5-. The lowest BCUT2D eigenvalue weighted by molar-refractivity contribution is 0.932. The van der Waals surface area contributed by atoms with Gasteiger partial charge in [-0.3, -0.25) is 4.98 Å². The zero-order valence-corrected chi connectivity index (χ0v) is 15.0. The Morgan fingerprint density at radius 2 is 2.19 bits per heavy atom. The highest BCUT2D eigenvalue weighted by Gasteiger charge is 2.28. The van der Waals surface area contributed by atoms with Gasteiger partial charge in [0.1, 0.15) is 0 Å². The minimum absolute atomic E-state index is 0.0444. The summed E-state index contributed by atoms with van der Waals surface area (Å²) in [6, 6.07) is 8.76. The molecule has 1 aromatic carbocycles. The number of allylic oxidation sites excluding steroid dienone is 5. The van der Waals surface area contributed by atoms with E-state index in [2.05, 4.69) is 45.8 Å². The van der Waals surface area contributed by atoms with Crippen molar-refractivity contribution >= 4 is 10.9 Å². The van der Waals surface area contributed by atoms with Gasteiger partial charge in [-0.1, -0.05) is 43.0 Å². The fourth-order valence-electron chi connectivity index (χ4n) is 3.54. The van der Waals surface area contributed by atoms with Crippen LogP contribution in [0.15, 0.2) is 79.4 Å². The van der Waals surface area contributed by atoms with Crippen LogP contribution in [0.25, 0.3) is 10.9 Å². The molecule has 3 aromatic rings. The number of aromatic amines is 1. The maximum atomic E-state index is 4.63. The van der Waals surface area contributed by atoms with Crippen molar-refractivity contribution in [2.75, 3.05) is 0 Å². The third kappa shape index (κ3) is 3.25. The first kappa shape index (κ1) is 16.5. The molecular weight excluding hydrogens is 318 g/mol. The lowest BCUT2D eigenvalue weighted by Crippen LogP contribution is -2.05. The van der Waals surface area contributed by atoms with Gasteiger partial charge in [0.2, 0.25) is 0 Å². The van der Waals surface area contributed by atoms with Crippen LogP contribution in [0, 0.1) is 0 Å². The summed E-state index contributed by atoms with van der Waals surface area (Å²) in [4.78, 5) is 12.1. The SMILES string of the molecule is C=C(/C=C\C=C/C)C(c1cc(C2CC2)c2cccnc2c1)c1cnc[nH]1. The summed E-state index contributed by atoms with van der Waals surface area (Å²) in [6.45, 7) is 6.35. The second-order valence-electron chi connectivity index (χ2n) is 6.85. The average molecular weight is 341 g/mol. The summed E-state index contributed by atoms with van der Waals surface area (Å²) in [6.07, 6.45) is 16.2. The van der Waals surface area contributed by atoms with Gasteiger partial charge >= 0.3 is 0 Å². The monoisotopic (exact) mass is 341 g/mol. The molecule has 1 fully saturated rings. The summed E-state index contributed by atoms with van der Waals surface area (Å²) in [7, 11) is 0. The van der Waals surface area contributed by atoms with Crippen molar-refractivity contribution in [3.05, 3.63) is 96.3 Å². The summed E-state index contributed by atoms with van der Waals surface area (Å²) in [5, 5.41) is 1.28. The predicted molar refractivity (Wildman–Crippen MR) is 107 cm³/mol. The van der Waals surface area contributed by atoms with E-state index in [1.54, 1.807) is 6.33 Å². The zero-order chi connectivity index (χ0) is 17.9. The molecule has 4 rings (SSSR count). The molecule has 130 valence electrons. The van der Waals surface area contributed by atoms with Gasteiger partial charge in [-0.15, -0.1) is 0 Å². The van der Waals surface area contributed by atoms with Gasteiger partial charge in [-0.2, -0.15) is 0 Å². The molecule has 0 spiro atoms. The second kappa shape index (κ2) is 7.12. The van der Waals surface area contributed by atoms with Gasteiger partial charge in [-0.05, 0) is 54.5 Å². The first-order valence-corrected chi connectivity index (χ1v) is 9.13. The van der Waals surface area contributed by atoms with E-state index < -0.39 is 0 Å². The molecule has 2 aromatic heterocycles. The molecule has 1 atom stereocenters. The molecule has 0 amide bonds. The van der Waals surface area contributed by atoms with Gasteiger partial charge in [0, 0.05) is 23.5 Å². The Bertz CT molecular complexity index is 976. The van der Waals surface area contributed by atoms with E-state index >= 15 is 0 Å². The Labute approximate surface area is 154 Å². The fraction of sp³-hybridized carbons (Fsp3) is 0.217. The maximum Gasteiger partial charge on any atom is 0.0922 e. The van der Waals surface area contributed by atoms with Crippen molar-refractivity contribution in [3.8, 4) is 0 Å². The number of benzene rings is 1. The Morgan fingerprint density at radius 1 is 1.31 bits per heavy atom. The zero-order valence-electron chi connectivity index (χ0n) is 15.0. The van der Waals surface area contributed by atoms with Crippen molar-refractivity contribution in [2.45, 2.75) is 31.6 Å². The van der Waals surface area contributed by atoms with Crippen LogP contribution in [0.3, 0.4) is 0 Å². The molecule has 3 nitrogen and oxygen atoms in total. The van der Waals surface area contributed by atoms with Crippen molar-refractivity contribution in [1.82, 2.24) is 15.0 Å². The molecule has 1 saturated carbocycles. The number of hydrogen-bond donors (Lipinski definition) is 1. The molecule has 1 aliphatic carbocycles.